The van der Waals surface area contributed by atoms with Crippen LogP contribution in [0.1, 0.15) is 5.56 Å². The Labute approximate surface area is 108 Å². The Morgan fingerprint density at radius 2 is 1.89 bits per heavy atom. The van der Waals surface area contributed by atoms with Crippen LogP contribution in [0.3, 0.4) is 0 Å². The van der Waals surface area contributed by atoms with E-state index in [1.807, 2.05) is 7.05 Å². The second-order valence-electron chi connectivity index (χ2n) is 5.08. The maximum atomic E-state index is 11.2. The SMILES string of the molecule is Cc1ccc(N2CCN(C)CC(C(=O)O)C2)cc1. The summed E-state index contributed by atoms with van der Waals surface area (Å²) in [5.41, 5.74) is 2.34. The predicted molar refractivity (Wildman–Crippen MR) is 72.0 cm³/mol. The van der Waals surface area contributed by atoms with Gasteiger partial charge in [0, 0.05) is 31.9 Å². The summed E-state index contributed by atoms with van der Waals surface area (Å²) in [7, 11) is 1.98. The molecule has 1 fully saturated rings. The van der Waals surface area contributed by atoms with Crippen molar-refractivity contribution in [2.75, 3.05) is 38.1 Å². The van der Waals surface area contributed by atoms with E-state index >= 15 is 0 Å². The van der Waals surface area contributed by atoms with Crippen LogP contribution in [0.15, 0.2) is 24.3 Å². The average Bonchev–Trinajstić information content (AvgIpc) is 2.52. The largest absolute Gasteiger partial charge is 0.481 e. The van der Waals surface area contributed by atoms with Crippen LogP contribution in [0.25, 0.3) is 0 Å². The van der Waals surface area contributed by atoms with Crippen LogP contribution in [0, 0.1) is 12.8 Å². The molecule has 4 heteroatoms. The molecule has 1 N–H and O–H groups in total. The zero-order chi connectivity index (χ0) is 13.1. The van der Waals surface area contributed by atoms with E-state index in [4.69, 9.17) is 0 Å². The van der Waals surface area contributed by atoms with Crippen molar-refractivity contribution in [1.29, 1.82) is 0 Å². The maximum Gasteiger partial charge on any atom is 0.309 e. The minimum atomic E-state index is -0.708. The van der Waals surface area contributed by atoms with E-state index in [9.17, 15) is 9.90 Å². The highest BCUT2D eigenvalue weighted by atomic mass is 16.4. The molecule has 0 spiro atoms. The van der Waals surface area contributed by atoms with Crippen LogP contribution in [0.2, 0.25) is 0 Å². The molecule has 1 aliphatic heterocycles. The Balaban J connectivity index is 2.16. The number of rotatable bonds is 2. The van der Waals surface area contributed by atoms with Gasteiger partial charge in [-0.25, -0.2) is 0 Å². The molecule has 18 heavy (non-hydrogen) atoms. The molecule has 1 aliphatic rings. The average molecular weight is 248 g/mol. The number of hydrogen-bond acceptors (Lipinski definition) is 3. The summed E-state index contributed by atoms with van der Waals surface area (Å²) in [6.45, 7) is 5.04. The molecular weight excluding hydrogens is 228 g/mol. The lowest BCUT2D eigenvalue weighted by Gasteiger charge is -2.24. The van der Waals surface area contributed by atoms with Gasteiger partial charge < -0.3 is 14.9 Å². The number of carbonyl (C=O) groups is 1. The Morgan fingerprint density at radius 1 is 1.22 bits per heavy atom. The number of anilines is 1. The summed E-state index contributed by atoms with van der Waals surface area (Å²) in [6, 6.07) is 8.28. The molecule has 0 aromatic heterocycles. The summed E-state index contributed by atoms with van der Waals surface area (Å²) in [6.07, 6.45) is 0. The third kappa shape index (κ3) is 3.01. The van der Waals surface area contributed by atoms with E-state index in [0.29, 0.717) is 13.1 Å². The van der Waals surface area contributed by atoms with E-state index in [1.165, 1.54) is 5.56 Å². The molecule has 1 unspecified atom stereocenters. The van der Waals surface area contributed by atoms with Gasteiger partial charge in [-0.2, -0.15) is 0 Å². The van der Waals surface area contributed by atoms with E-state index in [-0.39, 0.29) is 5.92 Å². The van der Waals surface area contributed by atoms with Crippen LogP contribution in [0.4, 0.5) is 5.69 Å². The lowest BCUT2D eigenvalue weighted by Crippen LogP contribution is -2.33. The molecule has 0 amide bonds. The number of carboxylic acids is 1. The van der Waals surface area contributed by atoms with Crippen LogP contribution >= 0.6 is 0 Å². The van der Waals surface area contributed by atoms with Gasteiger partial charge in [-0.05, 0) is 26.1 Å². The monoisotopic (exact) mass is 248 g/mol. The van der Waals surface area contributed by atoms with Gasteiger partial charge in [0.2, 0.25) is 0 Å². The first-order valence-corrected chi connectivity index (χ1v) is 6.29. The first-order valence-electron chi connectivity index (χ1n) is 6.29. The highest BCUT2D eigenvalue weighted by molar-refractivity contribution is 5.71. The zero-order valence-electron chi connectivity index (χ0n) is 11.0. The standard InChI is InChI=1S/C14H20N2O2/c1-11-3-5-13(6-4-11)16-8-7-15(2)9-12(10-16)14(17)18/h3-6,12H,7-10H2,1-2H3,(H,17,18). The molecule has 0 bridgehead atoms. The van der Waals surface area contributed by atoms with Crippen molar-refractivity contribution in [1.82, 2.24) is 4.90 Å². The summed E-state index contributed by atoms with van der Waals surface area (Å²) < 4.78 is 0. The quantitative estimate of drug-likeness (QED) is 0.860. The first kappa shape index (κ1) is 12.9. The summed E-state index contributed by atoms with van der Waals surface area (Å²) in [5, 5.41) is 9.24. The molecule has 98 valence electrons. The number of hydrogen-bond donors (Lipinski definition) is 1. The van der Waals surface area contributed by atoms with Crippen molar-refractivity contribution in [3.63, 3.8) is 0 Å². The van der Waals surface area contributed by atoms with Gasteiger partial charge in [0.1, 0.15) is 0 Å². The van der Waals surface area contributed by atoms with Crippen molar-refractivity contribution >= 4 is 11.7 Å². The van der Waals surface area contributed by atoms with E-state index < -0.39 is 5.97 Å². The second kappa shape index (κ2) is 5.40. The third-order valence-electron chi connectivity index (χ3n) is 3.47. The minimum Gasteiger partial charge on any atom is -0.481 e. The van der Waals surface area contributed by atoms with Gasteiger partial charge in [0.15, 0.2) is 0 Å². The molecule has 0 radical (unpaired) electrons. The normalized spacial score (nSPS) is 21.7. The predicted octanol–water partition coefficient (Wildman–Crippen LogP) is 1.45. The maximum absolute atomic E-state index is 11.2. The Kier molecular flexibility index (Phi) is 3.87. The fourth-order valence-electron chi connectivity index (χ4n) is 2.32. The van der Waals surface area contributed by atoms with Crippen molar-refractivity contribution in [2.24, 2.45) is 5.92 Å². The lowest BCUT2D eigenvalue weighted by molar-refractivity contribution is -0.141. The molecule has 1 atom stereocenters. The molecular formula is C14H20N2O2. The number of benzene rings is 1. The zero-order valence-corrected chi connectivity index (χ0v) is 11.0. The highest BCUT2D eigenvalue weighted by Gasteiger charge is 2.26. The topological polar surface area (TPSA) is 43.8 Å². The van der Waals surface area contributed by atoms with Gasteiger partial charge in [0.05, 0.1) is 5.92 Å². The van der Waals surface area contributed by atoms with Crippen LogP contribution in [-0.4, -0.2) is 49.2 Å². The molecule has 1 saturated heterocycles. The van der Waals surface area contributed by atoms with Gasteiger partial charge in [-0.1, -0.05) is 17.7 Å². The lowest BCUT2D eigenvalue weighted by atomic mass is 10.1. The van der Waals surface area contributed by atoms with E-state index in [1.54, 1.807) is 0 Å². The van der Waals surface area contributed by atoms with E-state index in [0.717, 1.165) is 18.8 Å². The number of carboxylic acid groups (broad SMARTS) is 1. The van der Waals surface area contributed by atoms with Crippen LogP contribution in [-0.2, 0) is 4.79 Å². The summed E-state index contributed by atoms with van der Waals surface area (Å²) >= 11 is 0. The fraction of sp³-hybridized carbons (Fsp3) is 0.500. The smallest absolute Gasteiger partial charge is 0.309 e. The van der Waals surface area contributed by atoms with Crippen LogP contribution < -0.4 is 4.90 Å². The highest BCUT2D eigenvalue weighted by Crippen LogP contribution is 2.19. The second-order valence-corrected chi connectivity index (χ2v) is 5.08. The van der Waals surface area contributed by atoms with Gasteiger partial charge in [0.25, 0.3) is 0 Å². The Bertz CT molecular complexity index is 416. The van der Waals surface area contributed by atoms with Crippen LogP contribution in [0.5, 0.6) is 0 Å². The third-order valence-corrected chi connectivity index (χ3v) is 3.47. The van der Waals surface area contributed by atoms with E-state index in [2.05, 4.69) is 41.0 Å². The number of likely N-dealkylation sites (N-methyl/N-ethyl adjacent to an activating group) is 1. The molecule has 1 aromatic carbocycles. The number of aryl methyl sites for hydroxylation is 1. The first-order chi connectivity index (χ1) is 8.56. The Morgan fingerprint density at radius 3 is 2.50 bits per heavy atom. The molecule has 2 rings (SSSR count). The van der Waals surface area contributed by atoms with Gasteiger partial charge >= 0.3 is 5.97 Å². The van der Waals surface area contributed by atoms with Gasteiger partial charge in [-0.3, -0.25) is 4.79 Å². The molecule has 0 aliphatic carbocycles. The minimum absolute atomic E-state index is 0.321. The van der Waals surface area contributed by atoms with Gasteiger partial charge in [-0.15, -0.1) is 0 Å². The van der Waals surface area contributed by atoms with Crippen molar-refractivity contribution in [2.45, 2.75) is 6.92 Å². The number of nitrogens with zero attached hydrogens (tertiary/aromatic N) is 2. The molecule has 1 heterocycles. The van der Waals surface area contributed by atoms with Crippen molar-refractivity contribution in [3.8, 4) is 0 Å². The summed E-state index contributed by atoms with van der Waals surface area (Å²) in [4.78, 5) is 15.5. The van der Waals surface area contributed by atoms with Crippen molar-refractivity contribution in [3.05, 3.63) is 29.8 Å². The molecule has 0 saturated carbocycles. The summed E-state index contributed by atoms with van der Waals surface area (Å²) in [5.74, 6) is -1.03. The molecule has 1 aromatic rings. The fourth-order valence-corrected chi connectivity index (χ4v) is 2.32. The Hall–Kier alpha value is -1.55. The molecule has 4 nitrogen and oxygen atoms in total. The number of aliphatic carboxylic acids is 1. The van der Waals surface area contributed by atoms with Crippen molar-refractivity contribution < 1.29 is 9.90 Å².